The normalized spacial score (nSPS) is 17.3. The van der Waals surface area contributed by atoms with Gasteiger partial charge in [-0.15, -0.1) is 0 Å². The van der Waals surface area contributed by atoms with E-state index in [2.05, 4.69) is 10.4 Å². The first-order chi connectivity index (χ1) is 9.99. The predicted molar refractivity (Wildman–Crippen MR) is 74.1 cm³/mol. The van der Waals surface area contributed by atoms with E-state index in [9.17, 15) is 14.0 Å². The van der Waals surface area contributed by atoms with Crippen LogP contribution in [0.1, 0.15) is 61.1 Å². The molecular weight excluding hydrogens is 277 g/mol. The Kier molecular flexibility index (Phi) is 4.59. The van der Waals surface area contributed by atoms with Crippen molar-refractivity contribution in [1.82, 2.24) is 15.1 Å². The molecule has 1 aromatic heterocycles. The Bertz CT molecular complexity index is 540. The second-order valence-electron chi connectivity index (χ2n) is 5.44. The number of carboxylic acids is 1. The summed E-state index contributed by atoms with van der Waals surface area (Å²) in [6, 6.07) is -1.35. The highest BCUT2D eigenvalue weighted by Crippen LogP contribution is 2.42. The summed E-state index contributed by atoms with van der Waals surface area (Å²) in [6.07, 6.45) is 4.32. The van der Waals surface area contributed by atoms with Gasteiger partial charge in [-0.25, -0.2) is 9.18 Å². The summed E-state index contributed by atoms with van der Waals surface area (Å²) in [4.78, 5) is 23.0. The standard InChI is InChI=1S/C14H20FN3O3/c1-3-8(2)18-12(9-4-5-9)10(7-16-18)13(19)17-11(6-15)14(20)21/h7-9,11H,3-6H2,1-2H3,(H,17,19)(H,20,21). The van der Waals surface area contributed by atoms with E-state index in [1.807, 2.05) is 18.5 Å². The van der Waals surface area contributed by atoms with Gasteiger partial charge in [0.05, 0.1) is 17.5 Å². The van der Waals surface area contributed by atoms with E-state index >= 15 is 0 Å². The predicted octanol–water partition coefficient (Wildman–Crippen LogP) is 1.88. The molecule has 0 saturated heterocycles. The lowest BCUT2D eigenvalue weighted by Crippen LogP contribution is -2.42. The molecule has 1 heterocycles. The maximum absolute atomic E-state index is 12.6. The van der Waals surface area contributed by atoms with Crippen LogP contribution in [0.4, 0.5) is 4.39 Å². The van der Waals surface area contributed by atoms with Crippen LogP contribution >= 0.6 is 0 Å². The molecule has 2 rings (SSSR count). The Hall–Kier alpha value is -1.92. The van der Waals surface area contributed by atoms with E-state index in [-0.39, 0.29) is 12.0 Å². The third kappa shape index (κ3) is 3.22. The van der Waals surface area contributed by atoms with Gasteiger partial charge in [0.25, 0.3) is 5.91 Å². The highest BCUT2D eigenvalue weighted by atomic mass is 19.1. The molecular formula is C14H20FN3O3. The van der Waals surface area contributed by atoms with Gasteiger partial charge in [0.1, 0.15) is 6.67 Å². The highest BCUT2D eigenvalue weighted by molar-refractivity contribution is 5.97. The summed E-state index contributed by atoms with van der Waals surface area (Å²) in [5, 5.41) is 15.3. The quantitative estimate of drug-likeness (QED) is 0.805. The maximum atomic E-state index is 12.6. The van der Waals surface area contributed by atoms with Crippen molar-refractivity contribution < 1.29 is 19.1 Å². The monoisotopic (exact) mass is 297 g/mol. The van der Waals surface area contributed by atoms with Crippen LogP contribution in [0.25, 0.3) is 0 Å². The number of rotatable bonds is 7. The molecule has 0 radical (unpaired) electrons. The number of hydrogen-bond acceptors (Lipinski definition) is 3. The number of halogens is 1. The zero-order valence-corrected chi connectivity index (χ0v) is 12.2. The Labute approximate surface area is 122 Å². The number of carbonyl (C=O) groups excluding carboxylic acids is 1. The number of carboxylic acid groups (broad SMARTS) is 1. The van der Waals surface area contributed by atoms with Gasteiger partial charge in [-0.05, 0) is 26.2 Å². The van der Waals surface area contributed by atoms with Crippen molar-refractivity contribution in [3.8, 4) is 0 Å². The van der Waals surface area contributed by atoms with Gasteiger partial charge < -0.3 is 10.4 Å². The van der Waals surface area contributed by atoms with Crippen molar-refractivity contribution in [2.45, 2.75) is 51.1 Å². The van der Waals surface area contributed by atoms with Crippen LogP contribution in [0.3, 0.4) is 0 Å². The van der Waals surface area contributed by atoms with Crippen LogP contribution in [0.15, 0.2) is 6.20 Å². The van der Waals surface area contributed by atoms with E-state index < -0.39 is 24.6 Å². The molecule has 0 aromatic carbocycles. The number of aromatic nitrogens is 2. The zero-order valence-electron chi connectivity index (χ0n) is 12.2. The second kappa shape index (κ2) is 6.24. The minimum absolute atomic E-state index is 0.165. The van der Waals surface area contributed by atoms with E-state index in [0.717, 1.165) is 25.0 Å². The van der Waals surface area contributed by atoms with E-state index in [4.69, 9.17) is 5.11 Å². The van der Waals surface area contributed by atoms with Gasteiger partial charge in [-0.2, -0.15) is 5.10 Å². The zero-order chi connectivity index (χ0) is 15.6. The Morgan fingerprint density at radius 1 is 1.57 bits per heavy atom. The summed E-state index contributed by atoms with van der Waals surface area (Å²) in [7, 11) is 0. The first-order valence-corrected chi connectivity index (χ1v) is 7.16. The number of amides is 1. The molecule has 6 nitrogen and oxygen atoms in total. The fraction of sp³-hybridized carbons (Fsp3) is 0.643. The fourth-order valence-electron chi connectivity index (χ4n) is 2.24. The van der Waals surface area contributed by atoms with Crippen molar-refractivity contribution in [2.24, 2.45) is 0 Å². The first kappa shape index (κ1) is 15.5. The highest BCUT2D eigenvalue weighted by Gasteiger charge is 2.34. The van der Waals surface area contributed by atoms with E-state index in [1.54, 1.807) is 0 Å². The number of alkyl halides is 1. The molecule has 7 heteroatoms. The average Bonchev–Trinajstić information content (AvgIpc) is 3.21. The van der Waals surface area contributed by atoms with Gasteiger partial charge in [0.15, 0.2) is 6.04 Å². The van der Waals surface area contributed by atoms with Crippen molar-refractivity contribution in [2.75, 3.05) is 6.67 Å². The molecule has 21 heavy (non-hydrogen) atoms. The van der Waals surface area contributed by atoms with E-state index in [0.29, 0.717) is 5.56 Å². The molecule has 0 aliphatic heterocycles. The van der Waals surface area contributed by atoms with Crippen LogP contribution in [-0.4, -0.2) is 39.5 Å². The molecule has 2 unspecified atom stereocenters. The minimum Gasteiger partial charge on any atom is -0.480 e. The van der Waals surface area contributed by atoms with Crippen LogP contribution in [-0.2, 0) is 4.79 Å². The number of nitrogens with zero attached hydrogens (tertiary/aromatic N) is 2. The second-order valence-corrected chi connectivity index (χ2v) is 5.44. The van der Waals surface area contributed by atoms with Crippen LogP contribution in [0.2, 0.25) is 0 Å². The van der Waals surface area contributed by atoms with Gasteiger partial charge >= 0.3 is 5.97 Å². The van der Waals surface area contributed by atoms with Gasteiger partial charge in [0, 0.05) is 12.0 Å². The van der Waals surface area contributed by atoms with Crippen LogP contribution in [0.5, 0.6) is 0 Å². The summed E-state index contributed by atoms with van der Waals surface area (Å²) >= 11 is 0. The molecule has 2 atom stereocenters. The average molecular weight is 297 g/mol. The molecule has 1 aliphatic rings. The lowest BCUT2D eigenvalue weighted by molar-refractivity contribution is -0.139. The molecule has 1 saturated carbocycles. The lowest BCUT2D eigenvalue weighted by Gasteiger charge is -2.15. The van der Waals surface area contributed by atoms with Crippen LogP contribution < -0.4 is 5.32 Å². The molecule has 2 N–H and O–H groups in total. The first-order valence-electron chi connectivity index (χ1n) is 7.16. The lowest BCUT2D eigenvalue weighted by atomic mass is 10.1. The van der Waals surface area contributed by atoms with Gasteiger partial charge in [-0.3, -0.25) is 9.48 Å². The third-order valence-electron chi connectivity index (χ3n) is 3.81. The number of carbonyl (C=O) groups is 2. The molecule has 116 valence electrons. The van der Waals surface area contributed by atoms with E-state index in [1.165, 1.54) is 6.20 Å². The van der Waals surface area contributed by atoms with Crippen molar-refractivity contribution >= 4 is 11.9 Å². The number of aliphatic carboxylic acids is 1. The summed E-state index contributed by atoms with van der Waals surface area (Å²) in [6.45, 7) is 2.91. The van der Waals surface area contributed by atoms with Crippen molar-refractivity contribution in [3.63, 3.8) is 0 Å². The summed E-state index contributed by atoms with van der Waals surface area (Å²) in [5.74, 6) is -1.67. The molecule has 1 aliphatic carbocycles. The molecule has 1 aromatic rings. The van der Waals surface area contributed by atoms with Gasteiger partial charge in [0.2, 0.25) is 0 Å². The summed E-state index contributed by atoms with van der Waals surface area (Å²) < 4.78 is 14.5. The summed E-state index contributed by atoms with van der Waals surface area (Å²) in [5.41, 5.74) is 1.20. The molecule has 0 bridgehead atoms. The Morgan fingerprint density at radius 3 is 2.71 bits per heavy atom. The third-order valence-corrected chi connectivity index (χ3v) is 3.81. The Balaban J connectivity index is 2.25. The Morgan fingerprint density at radius 2 is 2.24 bits per heavy atom. The van der Waals surface area contributed by atoms with Gasteiger partial charge in [-0.1, -0.05) is 6.92 Å². The van der Waals surface area contributed by atoms with Crippen molar-refractivity contribution in [3.05, 3.63) is 17.5 Å². The number of hydrogen-bond donors (Lipinski definition) is 2. The topological polar surface area (TPSA) is 84.2 Å². The SMILES string of the molecule is CCC(C)n1ncc(C(=O)NC(CF)C(=O)O)c1C1CC1. The maximum Gasteiger partial charge on any atom is 0.328 e. The fourth-order valence-corrected chi connectivity index (χ4v) is 2.24. The number of nitrogens with one attached hydrogen (secondary N) is 1. The van der Waals surface area contributed by atoms with Crippen LogP contribution in [0, 0.1) is 0 Å². The van der Waals surface area contributed by atoms with Crippen molar-refractivity contribution in [1.29, 1.82) is 0 Å². The molecule has 0 spiro atoms. The largest absolute Gasteiger partial charge is 0.480 e. The molecule has 1 fully saturated rings. The minimum atomic E-state index is -1.52. The smallest absolute Gasteiger partial charge is 0.328 e. The molecule has 1 amide bonds.